The molecule has 14 heteroatoms. The number of carbonyl (C=O) groups excluding carboxylic acids is 1. The predicted octanol–water partition coefficient (Wildman–Crippen LogP) is -3.84. The smallest absolute Gasteiger partial charge is 0.404 e. The van der Waals surface area contributed by atoms with Crippen LogP contribution >= 0.6 is 0 Å². The molecule has 0 saturated carbocycles. The van der Waals surface area contributed by atoms with Crippen LogP contribution in [0.4, 0.5) is 4.79 Å². The molecule has 8 N–H and O–H groups in total. The number of hydrogen-bond donors (Lipinski definition) is 7. The van der Waals surface area contributed by atoms with E-state index in [0.29, 0.717) is 6.61 Å². The number of carbonyl (C=O) groups is 1. The van der Waals surface area contributed by atoms with Gasteiger partial charge in [0.1, 0.15) is 42.7 Å². The van der Waals surface area contributed by atoms with Gasteiger partial charge in [-0.05, 0) is 6.42 Å². The highest BCUT2D eigenvalue weighted by atomic mass is 16.8. The van der Waals surface area contributed by atoms with E-state index in [1.807, 2.05) is 6.92 Å². The second-order valence-corrected chi connectivity index (χ2v) is 7.40. The van der Waals surface area contributed by atoms with Crippen LogP contribution < -0.4 is 5.73 Å². The maximum Gasteiger partial charge on any atom is 0.404 e. The number of aliphatic hydroxyl groups excluding tert-OH is 6. The molecule has 0 aromatic heterocycles. The van der Waals surface area contributed by atoms with Crippen molar-refractivity contribution in [3.63, 3.8) is 0 Å². The quantitative estimate of drug-likeness (QED) is 0.144. The largest absolute Gasteiger partial charge is 0.441 e. The molecule has 32 heavy (non-hydrogen) atoms. The molecule has 0 radical (unpaired) electrons. The van der Waals surface area contributed by atoms with Gasteiger partial charge in [-0.1, -0.05) is 6.92 Å². The van der Waals surface area contributed by atoms with Crippen LogP contribution in [0, 0.1) is 0 Å². The van der Waals surface area contributed by atoms with Gasteiger partial charge in [0, 0.05) is 6.61 Å². The number of hydrogen-bond acceptors (Lipinski definition) is 13. The Balaban J connectivity index is 2.15. The van der Waals surface area contributed by atoms with Crippen molar-refractivity contribution in [1.29, 1.82) is 0 Å². The van der Waals surface area contributed by atoms with Gasteiger partial charge in [-0.2, -0.15) is 0 Å². The van der Waals surface area contributed by atoms with Crippen molar-refractivity contribution in [2.75, 3.05) is 33.0 Å². The summed E-state index contributed by atoms with van der Waals surface area (Å²) in [5, 5.41) is 60.2. The van der Waals surface area contributed by atoms with Crippen molar-refractivity contribution < 1.29 is 63.9 Å². The normalized spacial score (nSPS) is 40.2. The average Bonchev–Trinajstić information content (AvgIpc) is 2.76. The highest BCUT2D eigenvalue weighted by Gasteiger charge is 2.52. The van der Waals surface area contributed by atoms with Crippen LogP contribution in [0.5, 0.6) is 0 Å². The second kappa shape index (κ2) is 12.9. The highest BCUT2D eigenvalue weighted by molar-refractivity contribution is 5.65. The van der Waals surface area contributed by atoms with Gasteiger partial charge >= 0.3 is 6.09 Å². The molecule has 0 spiro atoms. The van der Waals surface area contributed by atoms with E-state index in [2.05, 4.69) is 0 Å². The zero-order chi connectivity index (χ0) is 23.8. The van der Waals surface area contributed by atoms with Gasteiger partial charge in [-0.15, -0.1) is 0 Å². The lowest BCUT2D eigenvalue weighted by atomic mass is 9.97. The number of ether oxygens (including phenoxy) is 6. The minimum Gasteiger partial charge on any atom is -0.441 e. The Morgan fingerprint density at radius 3 is 2.06 bits per heavy atom. The van der Waals surface area contributed by atoms with Crippen molar-refractivity contribution in [1.82, 2.24) is 0 Å². The van der Waals surface area contributed by atoms with Gasteiger partial charge in [0.2, 0.25) is 0 Å². The fourth-order valence-electron chi connectivity index (χ4n) is 3.40. The molecule has 2 aliphatic rings. The molecule has 10 atom stereocenters. The molecular weight excluding hydrogens is 438 g/mol. The fraction of sp³-hybridized carbons (Fsp3) is 0.944. The van der Waals surface area contributed by atoms with Crippen LogP contribution in [0.1, 0.15) is 13.3 Å². The van der Waals surface area contributed by atoms with Crippen LogP contribution in [-0.2, 0) is 28.4 Å². The summed E-state index contributed by atoms with van der Waals surface area (Å²) in [6.45, 7) is 1.31. The third kappa shape index (κ3) is 6.68. The molecule has 1 amide bonds. The lowest BCUT2D eigenvalue weighted by Gasteiger charge is -2.46. The molecular formula is C18H33NO13. The first kappa shape index (κ1) is 27.1. The number of primary amides is 1. The molecule has 188 valence electrons. The summed E-state index contributed by atoms with van der Waals surface area (Å²) < 4.78 is 32.0. The SMILES string of the molecule is CCCOCCOC1O[C@@H](CO)[C@@H](O)[C@H](O)[C@@H]1O[C@H]1O[C@H](CO)[C@@H](O)[C@H](OC(N)=O)[C@@H]1O. The Morgan fingerprint density at radius 2 is 1.47 bits per heavy atom. The summed E-state index contributed by atoms with van der Waals surface area (Å²) in [5.41, 5.74) is 4.97. The summed E-state index contributed by atoms with van der Waals surface area (Å²) in [4.78, 5) is 11.1. The molecule has 0 aliphatic carbocycles. The fourth-order valence-corrected chi connectivity index (χ4v) is 3.40. The Hall–Kier alpha value is -1.17. The monoisotopic (exact) mass is 471 g/mol. The van der Waals surface area contributed by atoms with Gasteiger partial charge in [0.15, 0.2) is 18.7 Å². The summed E-state index contributed by atoms with van der Waals surface area (Å²) in [6, 6.07) is 0. The number of aliphatic hydroxyl groups is 6. The van der Waals surface area contributed by atoms with Crippen LogP contribution in [0.15, 0.2) is 0 Å². The van der Waals surface area contributed by atoms with E-state index in [4.69, 9.17) is 34.2 Å². The van der Waals surface area contributed by atoms with Crippen molar-refractivity contribution in [3.05, 3.63) is 0 Å². The maximum absolute atomic E-state index is 11.1. The van der Waals surface area contributed by atoms with Gasteiger partial charge in [-0.3, -0.25) is 0 Å². The molecule has 0 bridgehead atoms. The van der Waals surface area contributed by atoms with Crippen molar-refractivity contribution in [3.8, 4) is 0 Å². The van der Waals surface area contributed by atoms with E-state index in [9.17, 15) is 35.4 Å². The molecule has 2 fully saturated rings. The van der Waals surface area contributed by atoms with E-state index in [0.717, 1.165) is 6.42 Å². The third-order valence-corrected chi connectivity index (χ3v) is 5.05. The topological polar surface area (TPSA) is 220 Å². The third-order valence-electron chi connectivity index (χ3n) is 5.05. The molecule has 2 aliphatic heterocycles. The van der Waals surface area contributed by atoms with Crippen molar-refractivity contribution in [2.24, 2.45) is 5.73 Å². The Morgan fingerprint density at radius 1 is 0.844 bits per heavy atom. The Labute approximate surface area is 184 Å². The first-order chi connectivity index (χ1) is 15.2. The first-order valence-electron chi connectivity index (χ1n) is 10.3. The Kier molecular flexibility index (Phi) is 10.9. The lowest BCUT2D eigenvalue weighted by Crippen LogP contribution is -2.65. The molecule has 14 nitrogen and oxygen atoms in total. The molecule has 0 aromatic carbocycles. The summed E-state index contributed by atoms with van der Waals surface area (Å²) in [7, 11) is 0. The molecule has 1 unspecified atom stereocenters. The first-order valence-corrected chi connectivity index (χ1v) is 10.3. The summed E-state index contributed by atoms with van der Waals surface area (Å²) >= 11 is 0. The summed E-state index contributed by atoms with van der Waals surface area (Å²) in [5.74, 6) is 0. The average molecular weight is 471 g/mol. The van der Waals surface area contributed by atoms with Gasteiger partial charge < -0.3 is 64.8 Å². The number of rotatable bonds is 11. The van der Waals surface area contributed by atoms with E-state index in [1.54, 1.807) is 0 Å². The highest BCUT2D eigenvalue weighted by Crippen LogP contribution is 2.30. The second-order valence-electron chi connectivity index (χ2n) is 7.40. The van der Waals surface area contributed by atoms with Crippen LogP contribution in [0.2, 0.25) is 0 Å². The van der Waals surface area contributed by atoms with Gasteiger partial charge in [-0.25, -0.2) is 4.79 Å². The van der Waals surface area contributed by atoms with Crippen molar-refractivity contribution >= 4 is 6.09 Å². The Bertz CT molecular complexity index is 569. The molecule has 2 heterocycles. The number of nitrogens with two attached hydrogens (primary N) is 1. The number of amides is 1. The minimum absolute atomic E-state index is 0.0188. The maximum atomic E-state index is 11.1. The minimum atomic E-state index is -1.78. The van der Waals surface area contributed by atoms with Crippen LogP contribution in [0.25, 0.3) is 0 Å². The van der Waals surface area contributed by atoms with Gasteiger partial charge in [0.25, 0.3) is 0 Å². The van der Waals surface area contributed by atoms with E-state index < -0.39 is 80.7 Å². The van der Waals surface area contributed by atoms with E-state index in [-0.39, 0.29) is 13.2 Å². The zero-order valence-corrected chi connectivity index (χ0v) is 17.6. The van der Waals surface area contributed by atoms with Crippen LogP contribution in [-0.4, -0.2) is 131 Å². The summed E-state index contributed by atoms with van der Waals surface area (Å²) in [6.07, 6.45) is -15.6. The molecule has 2 saturated heterocycles. The van der Waals surface area contributed by atoms with Gasteiger partial charge in [0.05, 0.1) is 26.4 Å². The van der Waals surface area contributed by atoms with Crippen LogP contribution in [0.3, 0.4) is 0 Å². The molecule has 0 aromatic rings. The van der Waals surface area contributed by atoms with E-state index in [1.165, 1.54) is 0 Å². The lowest BCUT2D eigenvalue weighted by molar-refractivity contribution is -0.367. The molecule has 2 rings (SSSR count). The zero-order valence-electron chi connectivity index (χ0n) is 17.6. The standard InChI is InChI=1S/C18H33NO13/c1-2-3-27-4-5-28-17-15(12(24)10(22)8(6-20)30-17)31-16-13(25)14(32-18(19)26)11(23)9(7-21)29-16/h8-17,20-25H,2-7H2,1H3,(H2,19,26)/t8-,9+,10+,11+,12-,13-,14-,15-,16+,17?/m0/s1. The van der Waals surface area contributed by atoms with E-state index >= 15 is 0 Å². The predicted molar refractivity (Wildman–Crippen MR) is 102 cm³/mol. The van der Waals surface area contributed by atoms with Crippen molar-refractivity contribution in [2.45, 2.75) is 74.8 Å².